The number of carbonyl (C=O) groups excluding carboxylic acids is 2. The first-order valence-corrected chi connectivity index (χ1v) is 9.69. The van der Waals surface area contributed by atoms with E-state index in [1.54, 1.807) is 0 Å². The molecule has 3 heterocycles. The van der Waals surface area contributed by atoms with Crippen molar-refractivity contribution in [1.82, 2.24) is 19.9 Å². The first-order chi connectivity index (χ1) is 13.0. The van der Waals surface area contributed by atoms with Gasteiger partial charge in [0.2, 0.25) is 0 Å². The Hall–Kier alpha value is -2.70. The highest BCUT2D eigenvalue weighted by Crippen LogP contribution is 2.22. The number of rotatable bonds is 5. The zero-order chi connectivity index (χ0) is 19.4. The van der Waals surface area contributed by atoms with Gasteiger partial charge in [-0.15, -0.1) is 0 Å². The molecule has 3 rings (SSSR count). The van der Waals surface area contributed by atoms with E-state index in [0.717, 1.165) is 30.8 Å². The van der Waals surface area contributed by atoms with Crippen LogP contribution in [-0.2, 0) is 0 Å². The lowest BCUT2D eigenvalue weighted by Gasteiger charge is -2.36. The van der Waals surface area contributed by atoms with Crippen molar-refractivity contribution < 1.29 is 9.59 Å². The molecule has 2 aromatic rings. The van der Waals surface area contributed by atoms with Gasteiger partial charge in [-0.2, -0.15) is 0 Å². The quantitative estimate of drug-likeness (QED) is 0.847. The summed E-state index contributed by atoms with van der Waals surface area (Å²) >= 11 is 0. The van der Waals surface area contributed by atoms with Gasteiger partial charge in [0.25, 0.3) is 5.91 Å². The third-order valence-corrected chi connectivity index (χ3v) is 4.73. The molecule has 0 atom stereocenters. The van der Waals surface area contributed by atoms with Gasteiger partial charge >= 0.3 is 6.03 Å². The highest BCUT2D eigenvalue weighted by atomic mass is 16.2. The van der Waals surface area contributed by atoms with Crippen LogP contribution < -0.4 is 15.5 Å². The summed E-state index contributed by atoms with van der Waals surface area (Å²) in [7, 11) is 0. The maximum absolute atomic E-state index is 12.3. The van der Waals surface area contributed by atoms with Crippen molar-refractivity contribution in [1.29, 1.82) is 0 Å². The average molecular weight is 371 g/mol. The predicted octanol–water partition coefficient (Wildman–Crippen LogP) is 2.32. The van der Waals surface area contributed by atoms with Gasteiger partial charge in [0.05, 0.1) is 5.56 Å². The molecule has 1 aliphatic heterocycles. The van der Waals surface area contributed by atoms with E-state index < -0.39 is 0 Å². The summed E-state index contributed by atoms with van der Waals surface area (Å²) in [5.41, 5.74) is 1.71. The molecule has 0 bridgehead atoms. The summed E-state index contributed by atoms with van der Waals surface area (Å²) in [6.07, 6.45) is 2.81. The molecule has 146 valence electrons. The average Bonchev–Trinajstić information content (AvgIpc) is 3.08. The Morgan fingerprint density at radius 1 is 1.07 bits per heavy atom. The zero-order valence-corrected chi connectivity index (χ0v) is 16.4. The van der Waals surface area contributed by atoms with Crippen LogP contribution in [0.2, 0.25) is 0 Å². The van der Waals surface area contributed by atoms with E-state index in [-0.39, 0.29) is 18.0 Å². The monoisotopic (exact) mass is 371 g/mol. The Morgan fingerprint density at radius 3 is 2.44 bits per heavy atom. The Labute approximate surface area is 160 Å². The van der Waals surface area contributed by atoms with Crippen LogP contribution in [0, 0.1) is 0 Å². The summed E-state index contributed by atoms with van der Waals surface area (Å²) in [6.45, 7) is 9.55. The van der Waals surface area contributed by atoms with Crippen molar-refractivity contribution in [3.05, 3.63) is 36.0 Å². The number of hydrogen-bond acceptors (Lipinski definition) is 3. The minimum Gasteiger partial charge on any atom is -0.354 e. The Kier molecular flexibility index (Phi) is 5.88. The second-order valence-corrected chi connectivity index (χ2v) is 7.24. The molecule has 1 aliphatic rings. The maximum atomic E-state index is 12.3. The molecule has 0 unspecified atom stereocenters. The van der Waals surface area contributed by atoms with Gasteiger partial charge in [0.1, 0.15) is 5.82 Å². The number of urea groups is 1. The number of carbonyl (C=O) groups is 2. The molecule has 0 aromatic carbocycles. The van der Waals surface area contributed by atoms with Crippen molar-refractivity contribution in [3.63, 3.8) is 0 Å². The standard InChI is InChI=1S/C20H29N5O2/c1-4-9-21-19(26)16-5-6-17-7-8-18(25(17)14-16)23-10-12-24(13-11-23)20(27)22-15(2)3/h5-8,14-15H,4,9-13H2,1-3H3,(H,21,26)(H,22,27). The molecule has 1 fully saturated rings. The summed E-state index contributed by atoms with van der Waals surface area (Å²) < 4.78 is 2.06. The van der Waals surface area contributed by atoms with Gasteiger partial charge in [-0.05, 0) is 44.5 Å². The largest absolute Gasteiger partial charge is 0.354 e. The fourth-order valence-corrected chi connectivity index (χ4v) is 3.30. The molecule has 0 saturated carbocycles. The number of hydrogen-bond donors (Lipinski definition) is 2. The summed E-state index contributed by atoms with van der Waals surface area (Å²) in [5.74, 6) is 1.01. The molecule has 0 aliphatic carbocycles. The highest BCUT2D eigenvalue weighted by Gasteiger charge is 2.23. The fraction of sp³-hybridized carbons (Fsp3) is 0.500. The molecule has 7 nitrogen and oxygen atoms in total. The van der Waals surface area contributed by atoms with Gasteiger partial charge < -0.3 is 24.8 Å². The maximum Gasteiger partial charge on any atom is 0.317 e. The van der Waals surface area contributed by atoms with E-state index in [9.17, 15) is 9.59 Å². The van der Waals surface area contributed by atoms with Gasteiger partial charge in [-0.3, -0.25) is 4.79 Å². The van der Waals surface area contributed by atoms with Gasteiger partial charge in [0.15, 0.2) is 0 Å². The van der Waals surface area contributed by atoms with E-state index in [0.29, 0.717) is 25.2 Å². The molecule has 27 heavy (non-hydrogen) atoms. The number of nitrogens with one attached hydrogen (secondary N) is 2. The minimum atomic E-state index is -0.0476. The normalized spacial score (nSPS) is 14.7. The van der Waals surface area contributed by atoms with Crippen molar-refractivity contribution in [2.45, 2.75) is 33.2 Å². The number of nitrogens with zero attached hydrogens (tertiary/aromatic N) is 3. The van der Waals surface area contributed by atoms with Gasteiger partial charge in [-0.1, -0.05) is 6.92 Å². The molecule has 3 amide bonds. The molecule has 0 spiro atoms. The zero-order valence-electron chi connectivity index (χ0n) is 16.4. The van der Waals surface area contributed by atoms with Gasteiger partial charge in [-0.25, -0.2) is 4.79 Å². The van der Waals surface area contributed by atoms with Crippen LogP contribution in [0.15, 0.2) is 30.5 Å². The second kappa shape index (κ2) is 8.33. The lowest BCUT2D eigenvalue weighted by molar-refractivity contribution is 0.0953. The van der Waals surface area contributed by atoms with Crippen LogP contribution >= 0.6 is 0 Å². The Bertz CT molecular complexity index is 806. The second-order valence-electron chi connectivity index (χ2n) is 7.24. The smallest absolute Gasteiger partial charge is 0.317 e. The summed E-state index contributed by atoms with van der Waals surface area (Å²) in [6, 6.07) is 8.10. The Morgan fingerprint density at radius 2 is 1.78 bits per heavy atom. The van der Waals surface area contributed by atoms with E-state index in [1.165, 1.54) is 0 Å². The summed E-state index contributed by atoms with van der Waals surface area (Å²) in [4.78, 5) is 28.6. The van der Waals surface area contributed by atoms with E-state index >= 15 is 0 Å². The van der Waals surface area contributed by atoms with Crippen LogP contribution in [-0.4, -0.2) is 60.0 Å². The Balaban J connectivity index is 1.72. The topological polar surface area (TPSA) is 69.1 Å². The number of aromatic nitrogens is 1. The van der Waals surface area contributed by atoms with E-state index in [2.05, 4.69) is 32.1 Å². The van der Waals surface area contributed by atoms with Crippen LogP contribution in [0.3, 0.4) is 0 Å². The van der Waals surface area contributed by atoms with Crippen molar-refractivity contribution in [2.24, 2.45) is 0 Å². The molecule has 1 saturated heterocycles. The van der Waals surface area contributed by atoms with Crippen molar-refractivity contribution in [2.75, 3.05) is 37.6 Å². The molecule has 2 aromatic heterocycles. The number of anilines is 1. The van der Waals surface area contributed by atoms with Crippen molar-refractivity contribution in [3.8, 4) is 0 Å². The first-order valence-electron chi connectivity index (χ1n) is 9.69. The third kappa shape index (κ3) is 4.35. The van der Waals surface area contributed by atoms with Gasteiger partial charge in [0, 0.05) is 50.5 Å². The number of fused-ring (bicyclic) bond motifs is 1. The van der Waals surface area contributed by atoms with Crippen LogP contribution in [0.1, 0.15) is 37.6 Å². The molecule has 0 radical (unpaired) electrons. The highest BCUT2D eigenvalue weighted by molar-refractivity contribution is 5.94. The van der Waals surface area contributed by atoms with Crippen molar-refractivity contribution >= 4 is 23.3 Å². The lowest BCUT2D eigenvalue weighted by atomic mass is 10.2. The molecule has 7 heteroatoms. The number of pyridine rings is 1. The molecular formula is C20H29N5O2. The predicted molar refractivity (Wildman–Crippen MR) is 107 cm³/mol. The molecule has 2 N–H and O–H groups in total. The lowest BCUT2D eigenvalue weighted by Crippen LogP contribution is -2.53. The van der Waals surface area contributed by atoms with Crippen LogP contribution in [0.5, 0.6) is 0 Å². The SMILES string of the molecule is CCCNC(=O)c1ccc2ccc(N3CCN(C(=O)NC(C)C)CC3)n2c1. The van der Waals surface area contributed by atoms with Crippen LogP contribution in [0.25, 0.3) is 5.52 Å². The minimum absolute atomic E-state index is 0.000418. The first kappa shape index (κ1) is 19.1. The fourth-order valence-electron chi connectivity index (χ4n) is 3.30. The van der Waals surface area contributed by atoms with E-state index in [1.807, 2.05) is 44.0 Å². The number of piperazine rings is 1. The summed E-state index contributed by atoms with van der Waals surface area (Å²) in [5, 5.41) is 5.87. The van der Waals surface area contributed by atoms with Crippen LogP contribution in [0.4, 0.5) is 10.6 Å². The third-order valence-electron chi connectivity index (χ3n) is 4.73. The molecular weight excluding hydrogens is 342 g/mol. The van der Waals surface area contributed by atoms with E-state index in [4.69, 9.17) is 0 Å². The number of amides is 3.